The van der Waals surface area contributed by atoms with Gasteiger partial charge in [-0.3, -0.25) is 10.1 Å². The lowest BCUT2D eigenvalue weighted by Crippen LogP contribution is -2.47. The maximum atomic E-state index is 4.63. The summed E-state index contributed by atoms with van der Waals surface area (Å²) >= 11 is 0. The number of hydrogen-bond donors (Lipinski definition) is 2. The average Bonchev–Trinajstić information content (AvgIpc) is 3.13. The Hall–Kier alpha value is -3.23. The molecule has 1 saturated heterocycles. The molecule has 4 heterocycles. The van der Waals surface area contributed by atoms with Crippen LogP contribution in [0.2, 0.25) is 0 Å². The van der Waals surface area contributed by atoms with Gasteiger partial charge in [-0.15, -0.1) is 0 Å². The molecule has 0 spiro atoms. The van der Waals surface area contributed by atoms with Crippen LogP contribution in [0, 0.1) is 6.92 Å². The summed E-state index contributed by atoms with van der Waals surface area (Å²) in [4.78, 5) is 22.4. The third-order valence-electron chi connectivity index (χ3n) is 4.52. The van der Waals surface area contributed by atoms with Crippen LogP contribution in [0.15, 0.2) is 30.6 Å². The summed E-state index contributed by atoms with van der Waals surface area (Å²) in [6, 6.07) is 6.01. The van der Waals surface area contributed by atoms with Crippen LogP contribution in [0.25, 0.3) is 0 Å². The highest BCUT2D eigenvalue weighted by molar-refractivity contribution is 5.51. The first-order valence-electron chi connectivity index (χ1n) is 9.15. The second kappa shape index (κ2) is 7.56. The van der Waals surface area contributed by atoms with Gasteiger partial charge in [-0.25, -0.2) is 0 Å². The SMILES string of the molecule is CCc1nc(Nc2cc(C)[nH]n2)nc(N2CCN(c3ccncc3)CC2)n1. The second-order valence-corrected chi connectivity index (χ2v) is 6.47. The summed E-state index contributed by atoms with van der Waals surface area (Å²) in [5.41, 5.74) is 2.18. The third kappa shape index (κ3) is 3.97. The van der Waals surface area contributed by atoms with Crippen LogP contribution in [-0.4, -0.2) is 56.3 Å². The molecule has 0 aromatic carbocycles. The lowest BCUT2D eigenvalue weighted by molar-refractivity contribution is 0.636. The van der Waals surface area contributed by atoms with Crippen molar-refractivity contribution in [1.82, 2.24) is 30.1 Å². The van der Waals surface area contributed by atoms with Gasteiger partial charge in [0.1, 0.15) is 5.82 Å². The lowest BCUT2D eigenvalue weighted by atomic mass is 10.3. The van der Waals surface area contributed by atoms with E-state index >= 15 is 0 Å². The fraction of sp³-hybridized carbons (Fsp3) is 0.389. The van der Waals surface area contributed by atoms with E-state index in [0.717, 1.165) is 44.1 Å². The first kappa shape index (κ1) is 17.2. The predicted molar refractivity (Wildman–Crippen MR) is 104 cm³/mol. The van der Waals surface area contributed by atoms with Crippen LogP contribution < -0.4 is 15.1 Å². The van der Waals surface area contributed by atoms with E-state index in [4.69, 9.17) is 0 Å². The number of rotatable bonds is 5. The molecule has 0 radical (unpaired) electrons. The Labute approximate surface area is 157 Å². The van der Waals surface area contributed by atoms with Gasteiger partial charge in [0.15, 0.2) is 5.82 Å². The van der Waals surface area contributed by atoms with Gasteiger partial charge in [-0.1, -0.05) is 6.92 Å². The number of nitrogens with one attached hydrogen (secondary N) is 2. The Morgan fingerprint density at radius 2 is 1.78 bits per heavy atom. The number of nitrogens with zero attached hydrogens (tertiary/aromatic N) is 7. The van der Waals surface area contributed by atoms with Crippen LogP contribution in [0.3, 0.4) is 0 Å². The standard InChI is InChI=1S/C18H23N9/c1-3-15-20-17(21-16-12-13(2)24-25-16)23-18(22-15)27-10-8-26(9-11-27)14-4-6-19-7-5-14/h4-7,12H,3,8-11H2,1-2H3,(H2,20,21,22,23,24,25). The topological polar surface area (TPSA) is 98.8 Å². The fourth-order valence-corrected chi connectivity index (χ4v) is 3.08. The Bertz CT molecular complexity index is 885. The summed E-state index contributed by atoms with van der Waals surface area (Å²) < 4.78 is 0. The van der Waals surface area contributed by atoms with Gasteiger partial charge < -0.3 is 15.1 Å². The van der Waals surface area contributed by atoms with Crippen molar-refractivity contribution in [2.75, 3.05) is 41.3 Å². The molecule has 140 valence electrons. The van der Waals surface area contributed by atoms with E-state index in [2.05, 4.69) is 45.2 Å². The quantitative estimate of drug-likeness (QED) is 0.708. The maximum Gasteiger partial charge on any atom is 0.233 e. The van der Waals surface area contributed by atoms with E-state index in [1.807, 2.05) is 44.4 Å². The highest BCUT2D eigenvalue weighted by atomic mass is 15.4. The molecule has 0 aliphatic carbocycles. The van der Waals surface area contributed by atoms with E-state index in [-0.39, 0.29) is 0 Å². The molecular weight excluding hydrogens is 342 g/mol. The molecule has 27 heavy (non-hydrogen) atoms. The van der Waals surface area contributed by atoms with E-state index in [9.17, 15) is 0 Å². The van der Waals surface area contributed by atoms with Crippen LogP contribution in [-0.2, 0) is 6.42 Å². The van der Waals surface area contributed by atoms with Crippen LogP contribution in [0.5, 0.6) is 0 Å². The number of pyridine rings is 1. The summed E-state index contributed by atoms with van der Waals surface area (Å²) in [5, 5.41) is 10.3. The zero-order chi connectivity index (χ0) is 18.6. The van der Waals surface area contributed by atoms with E-state index in [0.29, 0.717) is 17.7 Å². The highest BCUT2D eigenvalue weighted by Crippen LogP contribution is 2.19. The summed E-state index contributed by atoms with van der Waals surface area (Å²) in [6.07, 6.45) is 4.41. The minimum Gasteiger partial charge on any atom is -0.368 e. The molecule has 0 bridgehead atoms. The molecule has 0 atom stereocenters. The largest absolute Gasteiger partial charge is 0.368 e. The number of anilines is 4. The first-order chi connectivity index (χ1) is 13.2. The Morgan fingerprint density at radius 3 is 2.44 bits per heavy atom. The Balaban J connectivity index is 1.49. The number of aryl methyl sites for hydroxylation is 2. The maximum absolute atomic E-state index is 4.63. The van der Waals surface area contributed by atoms with Gasteiger partial charge in [0.05, 0.1) is 0 Å². The smallest absolute Gasteiger partial charge is 0.233 e. The molecule has 4 rings (SSSR count). The highest BCUT2D eigenvalue weighted by Gasteiger charge is 2.20. The van der Waals surface area contributed by atoms with Crippen molar-refractivity contribution in [2.45, 2.75) is 20.3 Å². The van der Waals surface area contributed by atoms with Crippen LogP contribution in [0.1, 0.15) is 18.4 Å². The number of piperazine rings is 1. The average molecular weight is 365 g/mol. The molecular formula is C18H23N9. The predicted octanol–water partition coefficient (Wildman–Crippen LogP) is 1.93. The van der Waals surface area contributed by atoms with Crippen LogP contribution in [0.4, 0.5) is 23.4 Å². The number of H-pyrrole nitrogens is 1. The van der Waals surface area contributed by atoms with Gasteiger partial charge in [0.2, 0.25) is 11.9 Å². The fourth-order valence-electron chi connectivity index (χ4n) is 3.08. The van der Waals surface area contributed by atoms with Gasteiger partial charge in [0, 0.05) is 62.4 Å². The zero-order valence-corrected chi connectivity index (χ0v) is 15.6. The van der Waals surface area contributed by atoms with Gasteiger partial charge in [-0.2, -0.15) is 20.1 Å². The third-order valence-corrected chi connectivity index (χ3v) is 4.52. The van der Waals surface area contributed by atoms with E-state index in [1.165, 1.54) is 5.69 Å². The molecule has 9 nitrogen and oxygen atoms in total. The molecule has 0 unspecified atom stereocenters. The van der Waals surface area contributed by atoms with Gasteiger partial charge >= 0.3 is 0 Å². The summed E-state index contributed by atoms with van der Waals surface area (Å²) in [7, 11) is 0. The zero-order valence-electron chi connectivity index (χ0n) is 15.6. The number of hydrogen-bond acceptors (Lipinski definition) is 8. The monoisotopic (exact) mass is 365 g/mol. The molecule has 0 saturated carbocycles. The molecule has 1 aliphatic rings. The van der Waals surface area contributed by atoms with Crippen molar-refractivity contribution in [3.63, 3.8) is 0 Å². The molecule has 1 fully saturated rings. The van der Waals surface area contributed by atoms with Crippen LogP contribution >= 0.6 is 0 Å². The minimum absolute atomic E-state index is 0.528. The van der Waals surface area contributed by atoms with Crippen molar-refractivity contribution in [1.29, 1.82) is 0 Å². The lowest BCUT2D eigenvalue weighted by Gasteiger charge is -2.36. The molecule has 1 aliphatic heterocycles. The van der Waals surface area contributed by atoms with Crippen molar-refractivity contribution < 1.29 is 0 Å². The number of aromatic amines is 1. The van der Waals surface area contributed by atoms with E-state index in [1.54, 1.807) is 0 Å². The molecule has 3 aromatic rings. The Kier molecular flexibility index (Phi) is 4.82. The van der Waals surface area contributed by atoms with Crippen molar-refractivity contribution in [3.05, 3.63) is 42.1 Å². The number of aromatic nitrogens is 6. The van der Waals surface area contributed by atoms with E-state index < -0.39 is 0 Å². The van der Waals surface area contributed by atoms with Crippen molar-refractivity contribution in [2.24, 2.45) is 0 Å². The summed E-state index contributed by atoms with van der Waals surface area (Å²) in [6.45, 7) is 7.55. The normalized spacial score (nSPS) is 14.4. The van der Waals surface area contributed by atoms with Gasteiger partial charge in [-0.05, 0) is 19.1 Å². The second-order valence-electron chi connectivity index (χ2n) is 6.47. The molecule has 3 aromatic heterocycles. The Morgan fingerprint density at radius 1 is 1.04 bits per heavy atom. The van der Waals surface area contributed by atoms with Crippen molar-refractivity contribution in [3.8, 4) is 0 Å². The van der Waals surface area contributed by atoms with Crippen molar-refractivity contribution >= 4 is 23.4 Å². The first-order valence-corrected chi connectivity index (χ1v) is 9.15. The molecule has 9 heteroatoms. The minimum atomic E-state index is 0.528. The molecule has 2 N–H and O–H groups in total. The molecule has 0 amide bonds. The summed E-state index contributed by atoms with van der Waals surface area (Å²) in [5.74, 6) is 2.71. The van der Waals surface area contributed by atoms with Gasteiger partial charge in [0.25, 0.3) is 0 Å².